The molecule has 1 aromatic rings. The minimum atomic E-state index is -3.66. The number of phenolic OH excluding ortho intramolecular Hbond substituents is 1. The molecular formula is C9H10N2O5S. The highest BCUT2D eigenvalue weighted by Crippen LogP contribution is 2.30. The van der Waals surface area contributed by atoms with Gasteiger partial charge in [0.25, 0.3) is 0 Å². The van der Waals surface area contributed by atoms with E-state index in [9.17, 15) is 23.6 Å². The van der Waals surface area contributed by atoms with Gasteiger partial charge in [-0.3, -0.25) is 10.1 Å². The zero-order chi connectivity index (χ0) is 12.6. The number of aromatic hydroxyl groups is 1. The van der Waals surface area contributed by atoms with Crippen LogP contribution in [-0.4, -0.2) is 35.8 Å². The number of hydrogen-bond acceptors (Lipinski definition) is 5. The van der Waals surface area contributed by atoms with Crippen LogP contribution in [0.1, 0.15) is 6.42 Å². The van der Waals surface area contributed by atoms with Gasteiger partial charge in [-0.15, -0.1) is 0 Å². The molecule has 92 valence electrons. The molecule has 7 nitrogen and oxygen atoms in total. The quantitative estimate of drug-likeness (QED) is 0.635. The summed E-state index contributed by atoms with van der Waals surface area (Å²) in [5.74, 6) is -0.544. The number of nitro benzene ring substituents is 1. The van der Waals surface area contributed by atoms with E-state index in [-0.39, 0.29) is 4.90 Å². The average molecular weight is 258 g/mol. The molecule has 0 bridgehead atoms. The lowest BCUT2D eigenvalue weighted by Gasteiger charge is -2.29. The van der Waals surface area contributed by atoms with Crippen LogP contribution >= 0.6 is 0 Å². The molecule has 0 saturated carbocycles. The Morgan fingerprint density at radius 1 is 1.35 bits per heavy atom. The maximum Gasteiger partial charge on any atom is 0.312 e. The van der Waals surface area contributed by atoms with E-state index in [0.717, 1.165) is 24.6 Å². The first-order valence-corrected chi connectivity index (χ1v) is 6.34. The van der Waals surface area contributed by atoms with Gasteiger partial charge in [0.1, 0.15) is 0 Å². The van der Waals surface area contributed by atoms with Gasteiger partial charge in [-0.05, 0) is 18.6 Å². The molecular weight excluding hydrogens is 248 g/mol. The van der Waals surface area contributed by atoms with Crippen molar-refractivity contribution in [3.05, 3.63) is 28.3 Å². The van der Waals surface area contributed by atoms with E-state index in [1.807, 2.05) is 0 Å². The van der Waals surface area contributed by atoms with Gasteiger partial charge in [0.05, 0.1) is 9.82 Å². The first kappa shape index (κ1) is 11.8. The van der Waals surface area contributed by atoms with Gasteiger partial charge < -0.3 is 5.11 Å². The standard InChI is InChI=1S/C9H10N2O5S/c12-9-3-2-7(6-8(9)11(13)14)17(15,16)10-4-1-5-10/h2-3,6,12H,1,4-5H2. The van der Waals surface area contributed by atoms with Crippen LogP contribution in [-0.2, 0) is 10.0 Å². The van der Waals surface area contributed by atoms with Crippen molar-refractivity contribution in [3.63, 3.8) is 0 Å². The van der Waals surface area contributed by atoms with Crippen LogP contribution in [0.2, 0.25) is 0 Å². The van der Waals surface area contributed by atoms with Crippen molar-refractivity contribution in [2.24, 2.45) is 0 Å². The Morgan fingerprint density at radius 3 is 2.47 bits per heavy atom. The molecule has 0 atom stereocenters. The fraction of sp³-hybridized carbons (Fsp3) is 0.333. The van der Waals surface area contributed by atoms with E-state index in [2.05, 4.69) is 0 Å². The third kappa shape index (κ3) is 1.96. The Morgan fingerprint density at radius 2 is 2.00 bits per heavy atom. The van der Waals surface area contributed by atoms with Crippen LogP contribution in [0.25, 0.3) is 0 Å². The Labute approximate surface area is 97.5 Å². The van der Waals surface area contributed by atoms with Crippen LogP contribution in [0.5, 0.6) is 5.75 Å². The maximum absolute atomic E-state index is 11.9. The van der Waals surface area contributed by atoms with Crippen molar-refractivity contribution < 1.29 is 18.4 Å². The van der Waals surface area contributed by atoms with E-state index in [1.165, 1.54) is 4.31 Å². The third-order valence-electron chi connectivity index (χ3n) is 2.60. The van der Waals surface area contributed by atoms with Crippen LogP contribution in [0.3, 0.4) is 0 Å². The van der Waals surface area contributed by atoms with E-state index in [4.69, 9.17) is 0 Å². The largest absolute Gasteiger partial charge is 0.502 e. The van der Waals surface area contributed by atoms with Crippen molar-refractivity contribution in [1.82, 2.24) is 4.31 Å². The molecule has 0 radical (unpaired) electrons. The number of benzene rings is 1. The van der Waals surface area contributed by atoms with E-state index in [1.54, 1.807) is 0 Å². The van der Waals surface area contributed by atoms with Crippen molar-refractivity contribution in [2.45, 2.75) is 11.3 Å². The normalized spacial score (nSPS) is 16.5. The minimum Gasteiger partial charge on any atom is -0.502 e. The molecule has 8 heteroatoms. The molecule has 0 spiro atoms. The fourth-order valence-corrected chi connectivity index (χ4v) is 3.02. The van der Waals surface area contributed by atoms with E-state index >= 15 is 0 Å². The number of rotatable bonds is 3. The second kappa shape index (κ2) is 3.97. The van der Waals surface area contributed by atoms with Crippen LogP contribution in [0, 0.1) is 10.1 Å². The van der Waals surface area contributed by atoms with Gasteiger partial charge in [-0.2, -0.15) is 4.31 Å². The first-order chi connectivity index (χ1) is 7.93. The molecule has 1 saturated heterocycles. The highest BCUT2D eigenvalue weighted by molar-refractivity contribution is 7.89. The van der Waals surface area contributed by atoms with Crippen molar-refractivity contribution in [2.75, 3.05) is 13.1 Å². The third-order valence-corrected chi connectivity index (χ3v) is 4.49. The Balaban J connectivity index is 2.46. The summed E-state index contributed by atoms with van der Waals surface area (Å²) in [6.45, 7) is 0.855. The topological polar surface area (TPSA) is 101 Å². The molecule has 0 aliphatic carbocycles. The van der Waals surface area contributed by atoms with E-state index < -0.39 is 26.4 Å². The zero-order valence-electron chi connectivity index (χ0n) is 8.74. The first-order valence-electron chi connectivity index (χ1n) is 4.90. The zero-order valence-corrected chi connectivity index (χ0v) is 9.55. The van der Waals surface area contributed by atoms with Crippen LogP contribution in [0.15, 0.2) is 23.1 Å². The summed E-state index contributed by atoms with van der Waals surface area (Å²) in [7, 11) is -3.66. The van der Waals surface area contributed by atoms with Gasteiger partial charge in [0.2, 0.25) is 10.0 Å². The lowest BCUT2D eigenvalue weighted by atomic mass is 10.3. The summed E-state index contributed by atoms with van der Waals surface area (Å²) in [4.78, 5) is 9.61. The maximum atomic E-state index is 11.9. The lowest BCUT2D eigenvalue weighted by molar-refractivity contribution is -0.386. The predicted molar refractivity (Wildman–Crippen MR) is 58.1 cm³/mol. The van der Waals surface area contributed by atoms with Crippen molar-refractivity contribution >= 4 is 15.7 Å². The number of phenols is 1. The van der Waals surface area contributed by atoms with E-state index in [0.29, 0.717) is 13.1 Å². The smallest absolute Gasteiger partial charge is 0.312 e. The Hall–Kier alpha value is -1.67. The molecule has 1 aliphatic rings. The van der Waals surface area contributed by atoms with Gasteiger partial charge in [-0.25, -0.2) is 8.42 Å². The van der Waals surface area contributed by atoms with Crippen LogP contribution in [0.4, 0.5) is 5.69 Å². The molecule has 1 heterocycles. The predicted octanol–water partition coefficient (Wildman–Crippen LogP) is 0.695. The Kier molecular flexibility index (Phi) is 2.76. The highest BCUT2D eigenvalue weighted by Gasteiger charge is 2.31. The molecule has 0 aromatic heterocycles. The summed E-state index contributed by atoms with van der Waals surface area (Å²) in [5, 5.41) is 19.8. The van der Waals surface area contributed by atoms with Gasteiger partial charge in [-0.1, -0.05) is 0 Å². The summed E-state index contributed by atoms with van der Waals surface area (Å²) < 4.78 is 25.1. The fourth-order valence-electron chi connectivity index (χ4n) is 1.49. The molecule has 1 fully saturated rings. The summed E-state index contributed by atoms with van der Waals surface area (Å²) >= 11 is 0. The summed E-state index contributed by atoms with van der Waals surface area (Å²) in [6, 6.07) is 3.06. The lowest BCUT2D eigenvalue weighted by Crippen LogP contribution is -2.41. The number of sulfonamides is 1. The second-order valence-corrected chi connectivity index (χ2v) is 5.60. The number of nitrogens with zero attached hydrogens (tertiary/aromatic N) is 2. The van der Waals surface area contributed by atoms with Crippen LogP contribution < -0.4 is 0 Å². The number of hydrogen-bond donors (Lipinski definition) is 1. The second-order valence-electron chi connectivity index (χ2n) is 3.67. The number of nitro groups is 1. The molecule has 1 N–H and O–H groups in total. The summed E-state index contributed by atoms with van der Waals surface area (Å²) in [6.07, 6.45) is 0.791. The SMILES string of the molecule is O=[N+]([O-])c1cc(S(=O)(=O)N2CCC2)ccc1O. The molecule has 0 amide bonds. The molecule has 1 aromatic carbocycles. The van der Waals surface area contributed by atoms with Crippen molar-refractivity contribution in [3.8, 4) is 5.75 Å². The molecule has 0 unspecified atom stereocenters. The van der Waals surface area contributed by atoms with Gasteiger partial charge >= 0.3 is 5.69 Å². The summed E-state index contributed by atoms with van der Waals surface area (Å²) in [5.41, 5.74) is -0.605. The van der Waals surface area contributed by atoms with Gasteiger partial charge in [0, 0.05) is 19.2 Å². The average Bonchev–Trinajstić information content (AvgIpc) is 2.13. The molecule has 1 aliphatic heterocycles. The van der Waals surface area contributed by atoms with Crippen molar-refractivity contribution in [1.29, 1.82) is 0 Å². The Bertz CT molecular complexity index is 565. The highest BCUT2D eigenvalue weighted by atomic mass is 32.2. The van der Waals surface area contributed by atoms with Gasteiger partial charge in [0.15, 0.2) is 5.75 Å². The molecule has 17 heavy (non-hydrogen) atoms. The molecule has 2 rings (SSSR count). The monoisotopic (exact) mass is 258 g/mol. The minimum absolute atomic E-state index is 0.165.